The van der Waals surface area contributed by atoms with Crippen molar-refractivity contribution >= 4 is 22.8 Å². The van der Waals surface area contributed by atoms with E-state index in [4.69, 9.17) is 4.74 Å². The van der Waals surface area contributed by atoms with E-state index < -0.39 is 29.4 Å². The number of hydrogen-bond acceptors (Lipinski definition) is 6. The molecule has 1 fully saturated rings. The molecule has 2 atom stereocenters. The van der Waals surface area contributed by atoms with Gasteiger partial charge >= 0.3 is 0 Å². The van der Waals surface area contributed by atoms with Crippen molar-refractivity contribution in [2.75, 3.05) is 18.4 Å². The second kappa shape index (κ2) is 9.32. The first-order valence-corrected chi connectivity index (χ1v) is 10.8. The Morgan fingerprint density at radius 1 is 1.29 bits per heavy atom. The second-order valence-electron chi connectivity index (χ2n) is 8.26. The number of benzene rings is 1. The number of hydrogen-bond donors (Lipinski definition) is 2. The third-order valence-electron chi connectivity index (χ3n) is 5.79. The van der Waals surface area contributed by atoms with Crippen molar-refractivity contribution in [3.63, 3.8) is 0 Å². The minimum atomic E-state index is -2.94. The van der Waals surface area contributed by atoms with E-state index in [1.165, 1.54) is 25.1 Å². The van der Waals surface area contributed by atoms with Gasteiger partial charge in [0.25, 0.3) is 12.0 Å². The second-order valence-corrected chi connectivity index (χ2v) is 8.26. The van der Waals surface area contributed by atoms with E-state index in [0.29, 0.717) is 30.7 Å². The van der Waals surface area contributed by atoms with Crippen LogP contribution in [0.3, 0.4) is 0 Å². The van der Waals surface area contributed by atoms with E-state index in [2.05, 4.69) is 20.3 Å². The number of carbonyl (C=O) groups excluding carboxylic acids is 1. The number of rotatable bonds is 6. The fraction of sp³-hybridized carbons (Fsp3) is 0.391. The number of likely N-dealkylation sites (tertiary alicyclic amines) is 1. The lowest BCUT2D eigenvalue weighted by atomic mass is 10.0. The van der Waals surface area contributed by atoms with Crippen molar-refractivity contribution in [2.24, 2.45) is 0 Å². The van der Waals surface area contributed by atoms with E-state index in [0.717, 1.165) is 6.07 Å². The molecule has 0 radical (unpaired) electrons. The predicted molar refractivity (Wildman–Crippen MR) is 120 cm³/mol. The summed E-state index contributed by atoms with van der Waals surface area (Å²) >= 11 is 0. The number of carbonyl (C=O) groups is 1. The van der Waals surface area contributed by atoms with Gasteiger partial charge in [-0.25, -0.2) is 23.1 Å². The van der Waals surface area contributed by atoms with Crippen molar-refractivity contribution in [2.45, 2.75) is 45.8 Å². The molecule has 0 spiro atoms. The fourth-order valence-electron chi connectivity index (χ4n) is 4.02. The topological polar surface area (TPSA) is 100 Å². The molecule has 34 heavy (non-hydrogen) atoms. The summed E-state index contributed by atoms with van der Waals surface area (Å²) < 4.78 is 46.8. The zero-order valence-electron chi connectivity index (χ0n) is 18.9. The summed E-state index contributed by atoms with van der Waals surface area (Å²) in [5, 5.41) is 3.46. The van der Waals surface area contributed by atoms with Gasteiger partial charge in [-0.15, -0.1) is 0 Å². The number of ether oxygens (including phenoxy) is 1. The summed E-state index contributed by atoms with van der Waals surface area (Å²) in [6.45, 7) is 5.64. The average Bonchev–Trinajstić information content (AvgIpc) is 3.23. The van der Waals surface area contributed by atoms with Gasteiger partial charge in [0.2, 0.25) is 5.91 Å². The van der Waals surface area contributed by atoms with Gasteiger partial charge in [0.05, 0.1) is 23.5 Å². The third-order valence-corrected chi connectivity index (χ3v) is 5.79. The van der Waals surface area contributed by atoms with E-state index in [-0.39, 0.29) is 34.8 Å². The fourth-order valence-corrected chi connectivity index (χ4v) is 4.02. The summed E-state index contributed by atoms with van der Waals surface area (Å²) in [6, 6.07) is 4.62. The molecule has 4 rings (SSSR count). The molecule has 3 heterocycles. The highest BCUT2D eigenvalue weighted by Gasteiger charge is 2.27. The first-order chi connectivity index (χ1) is 16.1. The molecule has 0 saturated carbocycles. The zero-order valence-corrected chi connectivity index (χ0v) is 18.9. The first kappa shape index (κ1) is 23.5. The highest BCUT2D eigenvalue weighted by Crippen LogP contribution is 2.30. The minimum absolute atomic E-state index is 0.0388. The Hall–Kier alpha value is -3.63. The molecule has 1 aliphatic rings. The molecular weight excluding hydrogens is 451 g/mol. The van der Waals surface area contributed by atoms with Crippen LogP contribution in [0.4, 0.5) is 19.0 Å². The largest absolute Gasteiger partial charge is 0.483 e. The Kier molecular flexibility index (Phi) is 6.45. The van der Waals surface area contributed by atoms with Crippen molar-refractivity contribution in [3.8, 4) is 5.75 Å². The van der Waals surface area contributed by atoms with Crippen LogP contribution in [0.25, 0.3) is 11.0 Å². The third kappa shape index (κ3) is 4.68. The predicted octanol–water partition coefficient (Wildman–Crippen LogP) is 3.88. The van der Waals surface area contributed by atoms with Gasteiger partial charge in [-0.2, -0.15) is 0 Å². The van der Waals surface area contributed by atoms with E-state index in [1.54, 1.807) is 18.7 Å². The van der Waals surface area contributed by atoms with Gasteiger partial charge in [0.15, 0.2) is 5.75 Å². The van der Waals surface area contributed by atoms with Crippen LogP contribution >= 0.6 is 0 Å². The molecular formula is C23H24F3N5O3. The molecule has 1 aromatic carbocycles. The van der Waals surface area contributed by atoms with Crippen LogP contribution in [0.1, 0.15) is 49.7 Å². The summed E-state index contributed by atoms with van der Waals surface area (Å²) in [5.41, 5.74) is -0.857. The Balaban J connectivity index is 1.66. The Labute approximate surface area is 193 Å². The Bertz CT molecular complexity index is 1300. The highest BCUT2D eigenvalue weighted by atomic mass is 19.3. The number of amides is 1. The van der Waals surface area contributed by atoms with Crippen LogP contribution in [-0.4, -0.2) is 45.0 Å². The molecule has 0 aliphatic carbocycles. The number of halogens is 3. The molecule has 1 aliphatic heterocycles. The van der Waals surface area contributed by atoms with Gasteiger partial charge in [-0.3, -0.25) is 9.59 Å². The highest BCUT2D eigenvalue weighted by molar-refractivity contribution is 5.87. The number of alkyl halides is 2. The number of nitrogens with zero attached hydrogens (tertiary/aromatic N) is 3. The quantitative estimate of drug-likeness (QED) is 0.561. The number of pyridine rings is 1. The van der Waals surface area contributed by atoms with Crippen molar-refractivity contribution in [1.82, 2.24) is 19.9 Å². The molecule has 0 bridgehead atoms. The number of fused-ring (bicyclic) bond motifs is 1. The average molecular weight is 475 g/mol. The lowest BCUT2D eigenvalue weighted by molar-refractivity contribution is -0.128. The molecule has 1 unspecified atom stereocenters. The van der Waals surface area contributed by atoms with Crippen molar-refractivity contribution < 1.29 is 22.7 Å². The van der Waals surface area contributed by atoms with Crippen LogP contribution in [0.15, 0.2) is 29.1 Å². The normalized spacial score (nSPS) is 16.8. The molecule has 2 aromatic heterocycles. The van der Waals surface area contributed by atoms with E-state index in [9.17, 15) is 22.8 Å². The standard InChI is InChI=1S/C23H24F3N5O3/c1-11(15-5-4-6-16(19(15)24)20(25)26)27-21-17-9-18(23(33)30-22(17)29-12(2)28-21)34-14-7-8-31(10-14)13(3)32/h4-6,9,11,14,20H,7-8,10H2,1-3H3,(H2,27,28,29,30,33)/t11?,14-/m0/s1. The molecule has 3 aromatic rings. The zero-order chi connectivity index (χ0) is 24.6. The Morgan fingerprint density at radius 2 is 2.03 bits per heavy atom. The molecule has 1 saturated heterocycles. The number of aryl methyl sites for hydroxylation is 1. The Morgan fingerprint density at radius 3 is 2.71 bits per heavy atom. The molecule has 1 amide bonds. The SMILES string of the molecule is CC(=O)N1CC[C@H](Oc2cc3c(NC(C)c4cccc(C(F)F)c4F)nc(C)nc3[nH]c2=O)C1. The minimum Gasteiger partial charge on any atom is -0.483 e. The maximum Gasteiger partial charge on any atom is 0.291 e. The van der Waals surface area contributed by atoms with Gasteiger partial charge in [-0.1, -0.05) is 18.2 Å². The number of H-pyrrole nitrogens is 1. The maximum atomic E-state index is 14.7. The first-order valence-electron chi connectivity index (χ1n) is 10.8. The lowest BCUT2D eigenvalue weighted by Crippen LogP contribution is -2.29. The van der Waals surface area contributed by atoms with Gasteiger partial charge < -0.3 is 19.9 Å². The van der Waals surface area contributed by atoms with Crippen LogP contribution in [0, 0.1) is 12.7 Å². The number of aromatic nitrogens is 3. The summed E-state index contributed by atoms with van der Waals surface area (Å²) in [5.74, 6) is -0.375. The van der Waals surface area contributed by atoms with E-state index in [1.807, 2.05) is 0 Å². The number of nitrogens with one attached hydrogen (secondary N) is 2. The van der Waals surface area contributed by atoms with Crippen LogP contribution in [0.2, 0.25) is 0 Å². The van der Waals surface area contributed by atoms with Gasteiger partial charge in [0.1, 0.15) is 29.2 Å². The van der Waals surface area contributed by atoms with Crippen LogP contribution in [-0.2, 0) is 4.79 Å². The van der Waals surface area contributed by atoms with Crippen molar-refractivity contribution in [3.05, 3.63) is 57.4 Å². The maximum absolute atomic E-state index is 14.7. The van der Waals surface area contributed by atoms with Gasteiger partial charge in [-0.05, 0) is 13.8 Å². The van der Waals surface area contributed by atoms with Gasteiger partial charge in [0, 0.05) is 31.5 Å². The molecule has 8 nitrogen and oxygen atoms in total. The molecule has 11 heteroatoms. The van der Waals surface area contributed by atoms with Crippen LogP contribution in [0.5, 0.6) is 5.75 Å². The smallest absolute Gasteiger partial charge is 0.291 e. The molecule has 180 valence electrons. The molecule has 2 N–H and O–H groups in total. The lowest BCUT2D eigenvalue weighted by Gasteiger charge is -2.19. The summed E-state index contributed by atoms with van der Waals surface area (Å²) in [4.78, 5) is 37.1. The van der Waals surface area contributed by atoms with E-state index >= 15 is 0 Å². The van der Waals surface area contributed by atoms with Crippen molar-refractivity contribution in [1.29, 1.82) is 0 Å². The number of aromatic amines is 1. The summed E-state index contributed by atoms with van der Waals surface area (Å²) in [6.07, 6.45) is -2.69. The number of anilines is 1. The van der Waals surface area contributed by atoms with Crippen LogP contribution < -0.4 is 15.6 Å². The monoisotopic (exact) mass is 475 g/mol. The summed E-state index contributed by atoms with van der Waals surface area (Å²) in [7, 11) is 0.